The molecule has 41 heavy (non-hydrogen) atoms. The summed E-state index contributed by atoms with van der Waals surface area (Å²) in [5.41, 5.74) is 11.3. The fourth-order valence-corrected chi connectivity index (χ4v) is 4.92. The molecule has 8 nitrogen and oxygen atoms in total. The molecule has 0 unspecified atom stereocenters. The summed E-state index contributed by atoms with van der Waals surface area (Å²) in [6.07, 6.45) is 0.0749. The molecule has 4 aromatic rings. The first kappa shape index (κ1) is 28.1. The van der Waals surface area contributed by atoms with Crippen LogP contribution in [0.1, 0.15) is 34.2 Å². The van der Waals surface area contributed by atoms with E-state index < -0.39 is 5.97 Å². The second-order valence-corrected chi connectivity index (χ2v) is 10.2. The topological polar surface area (TPSA) is 98.2 Å². The number of nitrogen functional groups attached to an aromatic ring is 1. The average Bonchev–Trinajstić information content (AvgIpc) is 3.42. The largest absolute Gasteiger partial charge is 0.460 e. The molecule has 9 heteroatoms. The van der Waals surface area contributed by atoms with Gasteiger partial charge in [-0.05, 0) is 66.6 Å². The lowest BCUT2D eigenvalue weighted by Gasteiger charge is -2.35. The SMILES string of the molecule is CCOC(=O)c1oc(-c2ccc(Cl)cc2)cc1Cc1cc(N2CCN(C(=O)OCc3ccccc3)CC2)ccc1N. The van der Waals surface area contributed by atoms with Crippen LogP contribution in [0, 0.1) is 0 Å². The van der Waals surface area contributed by atoms with Crippen LogP contribution in [0.4, 0.5) is 16.2 Å². The summed E-state index contributed by atoms with van der Waals surface area (Å²) in [5.74, 6) is 0.182. The number of carbonyl (C=O) groups is 2. The van der Waals surface area contributed by atoms with Crippen LogP contribution in [0.25, 0.3) is 11.3 Å². The zero-order valence-corrected chi connectivity index (χ0v) is 23.6. The fraction of sp³-hybridized carbons (Fsp3) is 0.250. The molecule has 0 bridgehead atoms. The maximum Gasteiger partial charge on any atom is 0.410 e. The average molecular weight is 574 g/mol. The quantitative estimate of drug-likeness (QED) is 0.192. The van der Waals surface area contributed by atoms with E-state index >= 15 is 0 Å². The molecule has 1 saturated heterocycles. The van der Waals surface area contributed by atoms with Crippen molar-refractivity contribution in [3.63, 3.8) is 0 Å². The van der Waals surface area contributed by atoms with Gasteiger partial charge in [-0.25, -0.2) is 9.59 Å². The number of nitrogens with zero attached hydrogens (tertiary/aromatic N) is 2. The van der Waals surface area contributed by atoms with Crippen LogP contribution in [-0.2, 0) is 22.5 Å². The smallest absolute Gasteiger partial charge is 0.410 e. The summed E-state index contributed by atoms with van der Waals surface area (Å²) in [5, 5.41) is 0.612. The van der Waals surface area contributed by atoms with Gasteiger partial charge in [0.15, 0.2) is 0 Å². The molecule has 0 radical (unpaired) electrons. The number of furan rings is 1. The Morgan fingerprint density at radius 1 is 0.902 bits per heavy atom. The predicted octanol–water partition coefficient (Wildman–Crippen LogP) is 6.41. The monoisotopic (exact) mass is 573 g/mol. The number of anilines is 2. The van der Waals surface area contributed by atoms with E-state index in [1.165, 1.54) is 0 Å². The summed E-state index contributed by atoms with van der Waals surface area (Å²) in [6.45, 7) is 4.65. The standard InChI is InChI=1S/C32H32ClN3O5/c1-2-39-31(37)30-25(20-29(41-30)23-8-10-26(33)11-9-23)18-24-19-27(12-13-28(24)34)35-14-16-36(17-15-35)32(38)40-21-22-6-4-3-5-7-22/h3-13,19-20H,2,14-18,21,34H2,1H3. The van der Waals surface area contributed by atoms with Crippen molar-refractivity contribution in [3.05, 3.63) is 106 Å². The van der Waals surface area contributed by atoms with E-state index in [9.17, 15) is 9.59 Å². The minimum Gasteiger partial charge on any atom is -0.460 e. The van der Waals surface area contributed by atoms with Gasteiger partial charge in [0, 0.05) is 60.1 Å². The molecule has 2 N–H and O–H groups in total. The Morgan fingerprint density at radius 2 is 1.63 bits per heavy atom. The van der Waals surface area contributed by atoms with Crippen molar-refractivity contribution in [1.82, 2.24) is 4.90 Å². The van der Waals surface area contributed by atoms with Crippen LogP contribution in [0.3, 0.4) is 0 Å². The van der Waals surface area contributed by atoms with Crippen molar-refractivity contribution in [1.29, 1.82) is 0 Å². The molecule has 1 aliphatic rings. The number of rotatable bonds is 8. The van der Waals surface area contributed by atoms with Gasteiger partial charge in [0.1, 0.15) is 12.4 Å². The van der Waals surface area contributed by atoms with E-state index in [-0.39, 0.29) is 25.1 Å². The summed E-state index contributed by atoms with van der Waals surface area (Å²) in [4.78, 5) is 29.3. The first-order valence-corrected chi connectivity index (χ1v) is 13.9. The van der Waals surface area contributed by atoms with E-state index in [1.807, 2.05) is 66.7 Å². The minimum atomic E-state index is -0.521. The highest BCUT2D eigenvalue weighted by Crippen LogP contribution is 2.31. The Labute approximate surface area is 244 Å². The Bertz CT molecular complexity index is 1500. The molecule has 0 aliphatic carbocycles. The number of piperazine rings is 1. The Morgan fingerprint density at radius 3 is 2.34 bits per heavy atom. The van der Waals surface area contributed by atoms with Crippen LogP contribution in [-0.4, -0.2) is 49.7 Å². The van der Waals surface area contributed by atoms with Crippen molar-refractivity contribution < 1.29 is 23.5 Å². The van der Waals surface area contributed by atoms with E-state index in [2.05, 4.69) is 4.90 Å². The molecule has 1 fully saturated rings. The molecule has 3 aromatic carbocycles. The van der Waals surface area contributed by atoms with Gasteiger partial charge in [-0.2, -0.15) is 0 Å². The van der Waals surface area contributed by atoms with Crippen molar-refractivity contribution >= 4 is 35.0 Å². The fourth-order valence-electron chi connectivity index (χ4n) is 4.79. The number of carbonyl (C=O) groups excluding carboxylic acids is 2. The van der Waals surface area contributed by atoms with Crippen LogP contribution in [0.15, 0.2) is 83.3 Å². The second-order valence-electron chi connectivity index (χ2n) is 9.77. The zero-order chi connectivity index (χ0) is 28.8. The minimum absolute atomic E-state index is 0.157. The van der Waals surface area contributed by atoms with Crippen molar-refractivity contribution in [2.75, 3.05) is 43.4 Å². The number of halogens is 1. The van der Waals surface area contributed by atoms with E-state index in [1.54, 1.807) is 24.0 Å². The number of hydrogen-bond acceptors (Lipinski definition) is 7. The molecule has 1 aliphatic heterocycles. The molecule has 0 spiro atoms. The van der Waals surface area contributed by atoms with Crippen molar-refractivity contribution in [2.45, 2.75) is 20.0 Å². The van der Waals surface area contributed by atoms with Crippen LogP contribution < -0.4 is 10.6 Å². The van der Waals surface area contributed by atoms with Gasteiger partial charge in [-0.15, -0.1) is 0 Å². The number of benzene rings is 3. The number of hydrogen-bond donors (Lipinski definition) is 1. The molecule has 5 rings (SSSR count). The Hall–Kier alpha value is -4.43. The van der Waals surface area contributed by atoms with Gasteiger partial charge in [-0.3, -0.25) is 0 Å². The summed E-state index contributed by atoms with van der Waals surface area (Å²) >= 11 is 6.04. The Kier molecular flexibility index (Phi) is 8.79. The Balaban J connectivity index is 1.28. The van der Waals surface area contributed by atoms with Gasteiger partial charge in [0.05, 0.1) is 6.61 Å². The van der Waals surface area contributed by atoms with Crippen LogP contribution >= 0.6 is 11.6 Å². The highest BCUT2D eigenvalue weighted by atomic mass is 35.5. The normalized spacial score (nSPS) is 13.2. The highest BCUT2D eigenvalue weighted by Gasteiger charge is 2.24. The maximum atomic E-state index is 12.7. The zero-order valence-electron chi connectivity index (χ0n) is 22.8. The third-order valence-corrected chi connectivity index (χ3v) is 7.27. The van der Waals surface area contributed by atoms with E-state index in [0.29, 0.717) is 54.6 Å². The van der Waals surface area contributed by atoms with E-state index in [4.69, 9.17) is 31.2 Å². The molecule has 0 atom stereocenters. The lowest BCUT2D eigenvalue weighted by Crippen LogP contribution is -2.49. The summed E-state index contributed by atoms with van der Waals surface area (Å²) in [7, 11) is 0. The highest BCUT2D eigenvalue weighted by molar-refractivity contribution is 6.30. The lowest BCUT2D eigenvalue weighted by molar-refractivity contribution is 0.0489. The van der Waals surface area contributed by atoms with Gasteiger partial charge in [-0.1, -0.05) is 41.9 Å². The number of esters is 1. The molecular weight excluding hydrogens is 542 g/mol. The molecule has 2 heterocycles. The van der Waals surface area contributed by atoms with Gasteiger partial charge in [0.25, 0.3) is 0 Å². The lowest BCUT2D eigenvalue weighted by atomic mass is 10.0. The van der Waals surface area contributed by atoms with Crippen LogP contribution in [0.2, 0.25) is 5.02 Å². The number of nitrogens with two attached hydrogens (primary N) is 1. The van der Waals surface area contributed by atoms with Crippen molar-refractivity contribution in [2.24, 2.45) is 0 Å². The first-order valence-electron chi connectivity index (χ1n) is 13.6. The van der Waals surface area contributed by atoms with Crippen molar-refractivity contribution in [3.8, 4) is 11.3 Å². The molecule has 212 valence electrons. The maximum absolute atomic E-state index is 12.7. The second kappa shape index (κ2) is 12.8. The number of ether oxygens (including phenoxy) is 2. The van der Waals surface area contributed by atoms with E-state index in [0.717, 1.165) is 22.4 Å². The first-order chi connectivity index (χ1) is 19.9. The van der Waals surface area contributed by atoms with Gasteiger partial charge >= 0.3 is 12.1 Å². The van der Waals surface area contributed by atoms with Gasteiger partial charge in [0.2, 0.25) is 5.76 Å². The van der Waals surface area contributed by atoms with Crippen LogP contribution in [0.5, 0.6) is 0 Å². The third kappa shape index (κ3) is 6.84. The summed E-state index contributed by atoms with van der Waals surface area (Å²) in [6, 6.07) is 24.6. The molecular formula is C32H32ClN3O5. The molecule has 0 saturated carbocycles. The molecule has 1 aromatic heterocycles. The number of amides is 1. The molecule has 1 amide bonds. The third-order valence-electron chi connectivity index (χ3n) is 7.01. The summed E-state index contributed by atoms with van der Waals surface area (Å²) < 4.78 is 16.7. The predicted molar refractivity (Wildman–Crippen MR) is 159 cm³/mol. The van der Waals surface area contributed by atoms with Gasteiger partial charge < -0.3 is 29.4 Å².